The van der Waals surface area contributed by atoms with Gasteiger partial charge in [-0.3, -0.25) is 14.8 Å². The zero-order chi connectivity index (χ0) is 19.6. The van der Waals surface area contributed by atoms with Crippen LogP contribution in [0.3, 0.4) is 0 Å². The lowest BCUT2D eigenvalue weighted by Gasteiger charge is -2.19. The second kappa shape index (κ2) is 7.19. The fraction of sp³-hybridized carbons (Fsp3) is 0.300. The van der Waals surface area contributed by atoms with Crippen LogP contribution in [0.1, 0.15) is 31.3 Å². The fourth-order valence-corrected chi connectivity index (χ4v) is 2.56. The first-order valence-electron chi connectivity index (χ1n) is 8.71. The maximum absolute atomic E-state index is 12.6. The number of hydrogen-bond acceptors (Lipinski definition) is 5. The number of nitrogens with zero attached hydrogens (tertiary/aromatic N) is 5. The fourth-order valence-electron chi connectivity index (χ4n) is 2.56. The third kappa shape index (κ3) is 4.31. The summed E-state index contributed by atoms with van der Waals surface area (Å²) in [7, 11) is 3.93. The van der Waals surface area contributed by atoms with Crippen molar-refractivity contribution in [3.05, 3.63) is 54.6 Å². The van der Waals surface area contributed by atoms with E-state index in [-0.39, 0.29) is 11.4 Å². The third-order valence-corrected chi connectivity index (χ3v) is 3.85. The minimum absolute atomic E-state index is 0.226. The van der Waals surface area contributed by atoms with Crippen molar-refractivity contribution in [2.24, 2.45) is 0 Å². The normalized spacial score (nSPS) is 11.3. The predicted molar refractivity (Wildman–Crippen MR) is 106 cm³/mol. The molecule has 0 aliphatic rings. The van der Waals surface area contributed by atoms with Gasteiger partial charge in [0.15, 0.2) is 5.69 Å². The highest BCUT2D eigenvalue weighted by molar-refractivity contribution is 5.94. The Morgan fingerprint density at radius 2 is 1.93 bits per heavy atom. The van der Waals surface area contributed by atoms with E-state index >= 15 is 0 Å². The van der Waals surface area contributed by atoms with Crippen LogP contribution < -0.4 is 10.2 Å². The Balaban J connectivity index is 2.07. The van der Waals surface area contributed by atoms with Gasteiger partial charge in [-0.25, -0.2) is 4.68 Å². The Morgan fingerprint density at radius 3 is 2.48 bits per heavy atom. The summed E-state index contributed by atoms with van der Waals surface area (Å²) < 4.78 is 1.70. The van der Waals surface area contributed by atoms with Crippen LogP contribution in [-0.2, 0) is 0 Å². The zero-order valence-electron chi connectivity index (χ0n) is 16.3. The SMILES string of the molecule is CN(C)c1ccc(-c2cc(C(=O)NC(C)(C)C)nn2-c2cccnc2)nc1. The van der Waals surface area contributed by atoms with Gasteiger partial charge in [-0.1, -0.05) is 0 Å². The first kappa shape index (κ1) is 18.6. The van der Waals surface area contributed by atoms with E-state index in [2.05, 4.69) is 20.4 Å². The highest BCUT2D eigenvalue weighted by Crippen LogP contribution is 2.24. The number of nitrogens with one attached hydrogen (secondary N) is 1. The van der Waals surface area contributed by atoms with Gasteiger partial charge in [0.1, 0.15) is 0 Å². The second-order valence-corrected chi connectivity index (χ2v) is 7.54. The number of pyridine rings is 2. The first-order valence-corrected chi connectivity index (χ1v) is 8.71. The topological polar surface area (TPSA) is 75.9 Å². The van der Waals surface area contributed by atoms with E-state index in [1.54, 1.807) is 29.3 Å². The van der Waals surface area contributed by atoms with E-state index < -0.39 is 0 Å². The smallest absolute Gasteiger partial charge is 0.272 e. The van der Waals surface area contributed by atoms with Gasteiger partial charge < -0.3 is 10.2 Å². The Bertz CT molecular complexity index is 923. The minimum Gasteiger partial charge on any atom is -0.376 e. The summed E-state index contributed by atoms with van der Waals surface area (Å²) in [6.07, 6.45) is 5.20. The van der Waals surface area contributed by atoms with E-state index in [1.807, 2.05) is 64.0 Å². The molecule has 3 heterocycles. The van der Waals surface area contributed by atoms with Crippen molar-refractivity contribution in [1.29, 1.82) is 0 Å². The molecule has 0 atom stereocenters. The maximum Gasteiger partial charge on any atom is 0.272 e. The Labute approximate surface area is 159 Å². The molecule has 0 saturated carbocycles. The molecule has 3 rings (SSSR count). The molecule has 0 radical (unpaired) electrons. The minimum atomic E-state index is -0.346. The summed E-state index contributed by atoms with van der Waals surface area (Å²) in [5, 5.41) is 7.46. The molecule has 0 aromatic carbocycles. The van der Waals surface area contributed by atoms with Crippen LogP contribution in [0.2, 0.25) is 0 Å². The largest absolute Gasteiger partial charge is 0.376 e. The zero-order valence-corrected chi connectivity index (χ0v) is 16.3. The van der Waals surface area contributed by atoms with Crippen molar-refractivity contribution in [3.63, 3.8) is 0 Å². The summed E-state index contributed by atoms with van der Waals surface area (Å²) in [6.45, 7) is 5.81. The van der Waals surface area contributed by atoms with Gasteiger partial charge in [0.2, 0.25) is 0 Å². The second-order valence-electron chi connectivity index (χ2n) is 7.54. The Kier molecular flexibility index (Phi) is 4.94. The molecular formula is C20H24N6O. The molecule has 0 saturated heterocycles. The van der Waals surface area contributed by atoms with Gasteiger partial charge in [-0.15, -0.1) is 0 Å². The Morgan fingerprint density at radius 1 is 1.15 bits per heavy atom. The molecular weight excluding hydrogens is 340 g/mol. The highest BCUT2D eigenvalue weighted by atomic mass is 16.2. The van der Waals surface area contributed by atoms with Crippen molar-refractivity contribution in [2.75, 3.05) is 19.0 Å². The third-order valence-electron chi connectivity index (χ3n) is 3.85. The molecule has 0 unspecified atom stereocenters. The van der Waals surface area contributed by atoms with Crippen LogP contribution in [0, 0.1) is 0 Å². The van der Waals surface area contributed by atoms with E-state index in [1.165, 1.54) is 0 Å². The van der Waals surface area contributed by atoms with Gasteiger partial charge >= 0.3 is 0 Å². The number of rotatable bonds is 4. The number of carbonyl (C=O) groups excluding carboxylic acids is 1. The van der Waals surface area contributed by atoms with Crippen molar-refractivity contribution < 1.29 is 4.79 Å². The lowest BCUT2D eigenvalue weighted by molar-refractivity contribution is 0.0914. The monoisotopic (exact) mass is 364 g/mol. The number of carbonyl (C=O) groups is 1. The molecule has 27 heavy (non-hydrogen) atoms. The van der Waals surface area contributed by atoms with Crippen molar-refractivity contribution >= 4 is 11.6 Å². The van der Waals surface area contributed by atoms with Crippen molar-refractivity contribution in [2.45, 2.75) is 26.3 Å². The number of hydrogen-bond donors (Lipinski definition) is 1. The quantitative estimate of drug-likeness (QED) is 0.770. The molecule has 0 bridgehead atoms. The molecule has 7 nitrogen and oxygen atoms in total. The molecule has 3 aromatic rings. The summed E-state index contributed by atoms with van der Waals surface area (Å²) in [4.78, 5) is 23.3. The number of anilines is 1. The van der Waals surface area contributed by atoms with Gasteiger partial charge in [0, 0.05) is 25.8 Å². The van der Waals surface area contributed by atoms with E-state index in [0.717, 1.165) is 22.8 Å². The average molecular weight is 364 g/mol. The van der Waals surface area contributed by atoms with Crippen molar-refractivity contribution in [3.8, 4) is 17.1 Å². The van der Waals surface area contributed by atoms with Crippen LogP contribution in [0.25, 0.3) is 17.1 Å². The standard InChI is InChI=1S/C20H24N6O/c1-20(2,3)23-19(27)17-11-18(16-9-8-14(13-22-16)25(4)5)26(24-17)15-7-6-10-21-12-15/h6-13H,1-5H3,(H,23,27). The maximum atomic E-state index is 12.6. The van der Waals surface area contributed by atoms with E-state index in [0.29, 0.717) is 5.69 Å². The summed E-state index contributed by atoms with van der Waals surface area (Å²) in [6, 6.07) is 9.38. The summed E-state index contributed by atoms with van der Waals surface area (Å²) >= 11 is 0. The van der Waals surface area contributed by atoms with Crippen molar-refractivity contribution in [1.82, 2.24) is 25.1 Å². The number of amides is 1. The van der Waals surface area contributed by atoms with Gasteiger partial charge in [0.25, 0.3) is 5.91 Å². The van der Waals surface area contributed by atoms with Gasteiger partial charge in [-0.05, 0) is 51.1 Å². The lowest BCUT2D eigenvalue weighted by Crippen LogP contribution is -2.40. The number of aromatic nitrogens is 4. The van der Waals surface area contributed by atoms with Crippen LogP contribution >= 0.6 is 0 Å². The highest BCUT2D eigenvalue weighted by Gasteiger charge is 2.21. The van der Waals surface area contributed by atoms with Crippen LogP contribution in [0.4, 0.5) is 5.69 Å². The predicted octanol–water partition coefficient (Wildman–Crippen LogP) is 2.92. The van der Waals surface area contributed by atoms with Gasteiger partial charge in [0.05, 0.1) is 35.2 Å². The molecule has 1 amide bonds. The van der Waals surface area contributed by atoms with Gasteiger partial charge in [-0.2, -0.15) is 5.10 Å². The van der Waals surface area contributed by atoms with Crippen LogP contribution in [0.15, 0.2) is 48.9 Å². The molecule has 0 aliphatic carbocycles. The molecule has 0 aliphatic heterocycles. The molecule has 140 valence electrons. The summed E-state index contributed by atoms with van der Waals surface area (Å²) in [5.41, 5.74) is 3.21. The van der Waals surface area contributed by atoms with Crippen LogP contribution in [-0.4, -0.2) is 45.3 Å². The van der Waals surface area contributed by atoms with Crippen LogP contribution in [0.5, 0.6) is 0 Å². The molecule has 0 spiro atoms. The first-order chi connectivity index (χ1) is 12.7. The molecule has 3 aromatic heterocycles. The Hall–Kier alpha value is -3.22. The van der Waals surface area contributed by atoms with E-state index in [9.17, 15) is 4.79 Å². The lowest BCUT2D eigenvalue weighted by atomic mass is 10.1. The molecule has 1 N–H and O–H groups in total. The average Bonchev–Trinajstić information content (AvgIpc) is 3.07. The molecule has 0 fully saturated rings. The summed E-state index contributed by atoms with van der Waals surface area (Å²) in [5.74, 6) is -0.226. The molecule has 7 heteroatoms. The van der Waals surface area contributed by atoms with E-state index in [4.69, 9.17) is 0 Å².